The van der Waals surface area contributed by atoms with Crippen molar-refractivity contribution in [2.24, 2.45) is 0 Å². The van der Waals surface area contributed by atoms with E-state index in [1.807, 2.05) is 13.0 Å². The van der Waals surface area contributed by atoms with Crippen LogP contribution in [0.5, 0.6) is 0 Å². The fourth-order valence-electron chi connectivity index (χ4n) is 2.44. The maximum absolute atomic E-state index is 14.2. The lowest BCUT2D eigenvalue weighted by Crippen LogP contribution is -2.21. The molecule has 0 aromatic heterocycles. The number of rotatable bonds is 6. The summed E-state index contributed by atoms with van der Waals surface area (Å²) in [6, 6.07) is 13.6. The van der Waals surface area contributed by atoms with Gasteiger partial charge in [0.25, 0.3) is 0 Å². The molecule has 0 atom stereocenters. The van der Waals surface area contributed by atoms with Gasteiger partial charge in [-0.15, -0.1) is 0 Å². The van der Waals surface area contributed by atoms with Crippen molar-refractivity contribution in [2.45, 2.75) is 27.3 Å². The van der Waals surface area contributed by atoms with Crippen LogP contribution in [0.1, 0.15) is 25.0 Å². The Labute approximate surface area is 126 Å². The number of hydrogen-bond acceptors (Lipinski definition) is 2. The molecule has 0 heterocycles. The molecule has 2 aromatic rings. The molecule has 0 spiro atoms. The highest BCUT2D eigenvalue weighted by Gasteiger charge is 2.14. The molecule has 0 radical (unpaired) electrons. The molecule has 0 saturated heterocycles. The smallest absolute Gasteiger partial charge is 0.129 e. The first-order chi connectivity index (χ1) is 10.2. The van der Waals surface area contributed by atoms with Crippen molar-refractivity contribution >= 4 is 11.4 Å². The Balaban J connectivity index is 2.41. The van der Waals surface area contributed by atoms with E-state index in [0.29, 0.717) is 6.54 Å². The highest BCUT2D eigenvalue weighted by molar-refractivity contribution is 5.66. The van der Waals surface area contributed by atoms with Crippen molar-refractivity contribution in [1.29, 1.82) is 0 Å². The molecule has 1 N–H and O–H groups in total. The summed E-state index contributed by atoms with van der Waals surface area (Å²) in [7, 11) is 0. The summed E-state index contributed by atoms with van der Waals surface area (Å²) >= 11 is 0. The van der Waals surface area contributed by atoms with Crippen LogP contribution >= 0.6 is 0 Å². The van der Waals surface area contributed by atoms with Gasteiger partial charge < -0.3 is 10.2 Å². The van der Waals surface area contributed by atoms with Gasteiger partial charge in [-0.25, -0.2) is 4.39 Å². The Morgan fingerprint density at radius 2 is 1.76 bits per heavy atom. The quantitative estimate of drug-likeness (QED) is 0.846. The van der Waals surface area contributed by atoms with Crippen molar-refractivity contribution in [3.63, 3.8) is 0 Å². The van der Waals surface area contributed by atoms with Gasteiger partial charge in [0.2, 0.25) is 0 Å². The number of nitrogens with zero attached hydrogens (tertiary/aromatic N) is 1. The van der Waals surface area contributed by atoms with Crippen LogP contribution in [0.25, 0.3) is 0 Å². The molecule has 0 aliphatic heterocycles. The van der Waals surface area contributed by atoms with Crippen molar-refractivity contribution in [2.75, 3.05) is 18.0 Å². The van der Waals surface area contributed by atoms with Crippen molar-refractivity contribution in [3.8, 4) is 0 Å². The Morgan fingerprint density at radius 1 is 1.05 bits per heavy atom. The third kappa shape index (κ3) is 3.61. The lowest BCUT2D eigenvalue weighted by atomic mass is 10.1. The van der Waals surface area contributed by atoms with Gasteiger partial charge in [-0.05, 0) is 44.7 Å². The zero-order valence-electron chi connectivity index (χ0n) is 13.0. The molecule has 3 heteroatoms. The molecule has 2 rings (SSSR count). The molecular formula is C18H23FN2. The maximum atomic E-state index is 14.2. The number of halogens is 1. The number of aryl methyl sites for hydroxylation is 1. The van der Waals surface area contributed by atoms with Gasteiger partial charge >= 0.3 is 0 Å². The van der Waals surface area contributed by atoms with E-state index >= 15 is 0 Å². The van der Waals surface area contributed by atoms with E-state index < -0.39 is 0 Å². The van der Waals surface area contributed by atoms with Crippen molar-refractivity contribution in [3.05, 3.63) is 59.4 Å². The predicted molar refractivity (Wildman–Crippen MR) is 87.6 cm³/mol. The predicted octanol–water partition coefficient (Wildman–Crippen LogP) is 4.40. The van der Waals surface area contributed by atoms with E-state index in [1.54, 1.807) is 6.07 Å². The first-order valence-corrected chi connectivity index (χ1v) is 7.49. The summed E-state index contributed by atoms with van der Waals surface area (Å²) in [5.74, 6) is -0.154. The van der Waals surface area contributed by atoms with Gasteiger partial charge in [0, 0.05) is 30.0 Å². The van der Waals surface area contributed by atoms with E-state index in [9.17, 15) is 4.39 Å². The third-order valence-corrected chi connectivity index (χ3v) is 3.60. The topological polar surface area (TPSA) is 15.3 Å². The Kier molecular flexibility index (Phi) is 5.34. The lowest BCUT2D eigenvalue weighted by molar-refractivity contribution is 0.593. The molecule has 0 fully saturated rings. The molecule has 21 heavy (non-hydrogen) atoms. The van der Waals surface area contributed by atoms with Gasteiger partial charge in [-0.2, -0.15) is 0 Å². The van der Waals surface area contributed by atoms with E-state index in [1.165, 1.54) is 11.6 Å². The summed E-state index contributed by atoms with van der Waals surface area (Å²) in [6.45, 7) is 8.34. The van der Waals surface area contributed by atoms with Crippen LogP contribution in [0, 0.1) is 12.7 Å². The van der Waals surface area contributed by atoms with Crippen molar-refractivity contribution < 1.29 is 4.39 Å². The van der Waals surface area contributed by atoms with Crippen LogP contribution in [0.4, 0.5) is 15.8 Å². The Morgan fingerprint density at radius 3 is 2.38 bits per heavy atom. The largest absolute Gasteiger partial charge is 0.341 e. The molecule has 2 aromatic carbocycles. The molecule has 0 aliphatic rings. The van der Waals surface area contributed by atoms with E-state index in [-0.39, 0.29) is 5.82 Å². The lowest BCUT2D eigenvalue weighted by Gasteiger charge is -2.26. The molecule has 0 saturated carbocycles. The van der Waals surface area contributed by atoms with Crippen LogP contribution in [0.2, 0.25) is 0 Å². The van der Waals surface area contributed by atoms with Gasteiger partial charge in [0.05, 0.1) is 0 Å². The number of anilines is 2. The second-order valence-corrected chi connectivity index (χ2v) is 5.10. The normalized spacial score (nSPS) is 10.7. The van der Waals surface area contributed by atoms with Crippen LogP contribution < -0.4 is 10.2 Å². The van der Waals surface area contributed by atoms with Crippen LogP contribution in [-0.2, 0) is 6.54 Å². The number of benzene rings is 2. The van der Waals surface area contributed by atoms with Crippen LogP contribution in [0.3, 0.4) is 0 Å². The monoisotopic (exact) mass is 286 g/mol. The molecular weight excluding hydrogens is 263 g/mol. The Bertz CT molecular complexity index is 578. The minimum absolute atomic E-state index is 0.154. The van der Waals surface area contributed by atoms with Gasteiger partial charge in [0.1, 0.15) is 5.82 Å². The fourth-order valence-corrected chi connectivity index (χ4v) is 2.44. The molecule has 2 nitrogen and oxygen atoms in total. The molecule has 112 valence electrons. The summed E-state index contributed by atoms with van der Waals surface area (Å²) in [5, 5.41) is 3.22. The average Bonchev–Trinajstić information content (AvgIpc) is 2.49. The zero-order valence-corrected chi connectivity index (χ0v) is 13.0. The van der Waals surface area contributed by atoms with E-state index in [4.69, 9.17) is 0 Å². The van der Waals surface area contributed by atoms with Crippen LogP contribution in [-0.4, -0.2) is 13.1 Å². The van der Waals surface area contributed by atoms with Crippen molar-refractivity contribution in [1.82, 2.24) is 5.32 Å². The summed E-state index contributed by atoms with van der Waals surface area (Å²) < 4.78 is 14.2. The highest BCUT2D eigenvalue weighted by Crippen LogP contribution is 2.30. The first kappa shape index (κ1) is 15.5. The minimum Gasteiger partial charge on any atom is -0.341 e. The second kappa shape index (κ2) is 7.23. The molecule has 0 unspecified atom stereocenters. The summed E-state index contributed by atoms with van der Waals surface area (Å²) in [6.07, 6.45) is 0. The third-order valence-electron chi connectivity index (χ3n) is 3.60. The molecule has 0 aliphatic carbocycles. The highest BCUT2D eigenvalue weighted by atomic mass is 19.1. The van der Waals surface area contributed by atoms with Gasteiger partial charge in [-0.3, -0.25) is 0 Å². The fraction of sp³-hybridized carbons (Fsp3) is 0.333. The van der Waals surface area contributed by atoms with E-state index in [0.717, 1.165) is 30.0 Å². The zero-order chi connectivity index (χ0) is 15.2. The maximum Gasteiger partial charge on any atom is 0.129 e. The second-order valence-electron chi connectivity index (χ2n) is 5.10. The van der Waals surface area contributed by atoms with Gasteiger partial charge in [0.15, 0.2) is 0 Å². The van der Waals surface area contributed by atoms with E-state index in [2.05, 4.69) is 48.3 Å². The van der Waals surface area contributed by atoms with Gasteiger partial charge in [-0.1, -0.05) is 30.7 Å². The average molecular weight is 286 g/mol. The summed E-state index contributed by atoms with van der Waals surface area (Å²) in [5.41, 5.74) is 3.97. The number of hydrogen-bond donors (Lipinski definition) is 1. The Hall–Kier alpha value is -1.87. The first-order valence-electron chi connectivity index (χ1n) is 7.49. The standard InChI is InChI=1S/C18H23FN2/c1-4-20-13-16-17(19)7-6-8-18(16)21(5-2)15-11-9-14(3)10-12-15/h6-12,20H,4-5,13H2,1-3H3. The minimum atomic E-state index is -0.154. The SMILES string of the molecule is CCNCc1c(F)cccc1N(CC)c1ccc(C)cc1. The molecule has 0 bridgehead atoms. The number of nitrogens with one attached hydrogen (secondary N) is 1. The van der Waals surface area contributed by atoms with Crippen LogP contribution in [0.15, 0.2) is 42.5 Å². The summed E-state index contributed by atoms with van der Waals surface area (Å²) in [4.78, 5) is 2.15. The molecule has 0 amide bonds.